The van der Waals surface area contributed by atoms with E-state index < -0.39 is 0 Å². The third-order valence-corrected chi connectivity index (χ3v) is 4.48. The van der Waals surface area contributed by atoms with E-state index in [-0.39, 0.29) is 54.5 Å². The second kappa shape index (κ2) is 11.1. The summed E-state index contributed by atoms with van der Waals surface area (Å²) in [5, 5.41) is 5.95. The van der Waals surface area contributed by atoms with Crippen molar-refractivity contribution in [3.8, 4) is 0 Å². The Morgan fingerprint density at radius 3 is 2.52 bits per heavy atom. The molecule has 0 saturated carbocycles. The molecule has 1 heterocycles. The lowest BCUT2D eigenvalue weighted by atomic mass is 10.1. The van der Waals surface area contributed by atoms with Gasteiger partial charge in [-0.05, 0) is 36.8 Å². The lowest BCUT2D eigenvalue weighted by Gasteiger charge is -2.38. The molecular weight excluding hydrogens is 486 g/mol. The van der Waals surface area contributed by atoms with Crippen molar-refractivity contribution in [1.82, 2.24) is 10.2 Å². The maximum absolute atomic E-state index is 13.2. The number of carbonyl (C=O) groups excluding carboxylic acids is 1. The molecule has 0 radical (unpaired) electrons. The number of benzene rings is 2. The van der Waals surface area contributed by atoms with Gasteiger partial charge in [-0.15, -0.1) is 24.0 Å². The van der Waals surface area contributed by atoms with E-state index in [0.29, 0.717) is 19.0 Å². The van der Waals surface area contributed by atoms with Crippen molar-refractivity contribution in [2.75, 3.05) is 32.0 Å². The zero-order valence-corrected chi connectivity index (χ0v) is 18.8. The fourth-order valence-corrected chi connectivity index (χ4v) is 3.20. The molecule has 8 heteroatoms. The molecule has 1 aliphatic rings. The van der Waals surface area contributed by atoms with E-state index >= 15 is 0 Å². The highest BCUT2D eigenvalue weighted by Crippen LogP contribution is 2.25. The van der Waals surface area contributed by atoms with E-state index in [1.165, 1.54) is 12.1 Å². The number of carbonyl (C=O) groups is 1. The van der Waals surface area contributed by atoms with E-state index in [9.17, 15) is 9.18 Å². The SMILES string of the molecule is CN=C(NCC(=O)Nc1ccccc1)N1CC(C)OC(c2ccc(F)cc2)C1.I. The van der Waals surface area contributed by atoms with Gasteiger partial charge in [0.25, 0.3) is 0 Å². The summed E-state index contributed by atoms with van der Waals surface area (Å²) in [7, 11) is 1.68. The summed E-state index contributed by atoms with van der Waals surface area (Å²) in [6, 6.07) is 15.6. The van der Waals surface area contributed by atoms with E-state index in [1.54, 1.807) is 19.2 Å². The second-order valence-corrected chi connectivity index (χ2v) is 6.71. The van der Waals surface area contributed by atoms with Crippen LogP contribution in [0.5, 0.6) is 0 Å². The molecule has 156 valence electrons. The van der Waals surface area contributed by atoms with E-state index in [0.717, 1.165) is 11.3 Å². The number of morpholine rings is 1. The van der Waals surface area contributed by atoms with Gasteiger partial charge in [0, 0.05) is 19.3 Å². The van der Waals surface area contributed by atoms with Crippen molar-refractivity contribution in [2.45, 2.75) is 19.1 Å². The van der Waals surface area contributed by atoms with E-state index in [2.05, 4.69) is 20.5 Å². The molecule has 1 fully saturated rings. The van der Waals surface area contributed by atoms with Gasteiger partial charge in [-0.1, -0.05) is 30.3 Å². The van der Waals surface area contributed by atoms with Crippen LogP contribution in [0.25, 0.3) is 0 Å². The molecule has 1 aliphatic heterocycles. The number of amides is 1. The number of ether oxygens (including phenoxy) is 1. The fraction of sp³-hybridized carbons (Fsp3) is 0.333. The minimum atomic E-state index is -0.272. The highest BCUT2D eigenvalue weighted by Gasteiger charge is 2.28. The van der Waals surface area contributed by atoms with Gasteiger partial charge in [-0.25, -0.2) is 4.39 Å². The Labute approximate surface area is 187 Å². The lowest BCUT2D eigenvalue weighted by molar-refractivity contribution is -0.115. The van der Waals surface area contributed by atoms with Crippen LogP contribution in [-0.4, -0.2) is 49.6 Å². The number of anilines is 1. The Hall–Kier alpha value is -2.20. The van der Waals surface area contributed by atoms with Crippen molar-refractivity contribution in [3.63, 3.8) is 0 Å². The minimum absolute atomic E-state index is 0. The van der Waals surface area contributed by atoms with Gasteiger partial charge in [-0.2, -0.15) is 0 Å². The number of halogens is 2. The molecule has 2 aromatic rings. The number of nitrogens with zero attached hydrogens (tertiary/aromatic N) is 2. The van der Waals surface area contributed by atoms with Crippen LogP contribution in [0, 0.1) is 5.82 Å². The van der Waals surface area contributed by atoms with Crippen molar-refractivity contribution in [3.05, 3.63) is 66.0 Å². The van der Waals surface area contributed by atoms with Gasteiger partial charge in [0.2, 0.25) is 5.91 Å². The first-order valence-corrected chi connectivity index (χ1v) is 9.26. The monoisotopic (exact) mass is 512 g/mol. The minimum Gasteiger partial charge on any atom is -0.367 e. The van der Waals surface area contributed by atoms with Gasteiger partial charge in [0.15, 0.2) is 5.96 Å². The molecule has 3 rings (SSSR count). The average molecular weight is 512 g/mol. The molecule has 0 aliphatic carbocycles. The average Bonchev–Trinajstić information content (AvgIpc) is 2.69. The Morgan fingerprint density at radius 2 is 1.86 bits per heavy atom. The summed E-state index contributed by atoms with van der Waals surface area (Å²) >= 11 is 0. The summed E-state index contributed by atoms with van der Waals surface area (Å²) < 4.78 is 19.2. The fourth-order valence-electron chi connectivity index (χ4n) is 3.20. The van der Waals surface area contributed by atoms with Crippen LogP contribution in [0.15, 0.2) is 59.6 Å². The number of hydrogen-bond donors (Lipinski definition) is 2. The van der Waals surface area contributed by atoms with Gasteiger partial charge >= 0.3 is 0 Å². The number of hydrogen-bond acceptors (Lipinski definition) is 3. The van der Waals surface area contributed by atoms with Crippen molar-refractivity contribution >= 4 is 41.5 Å². The second-order valence-electron chi connectivity index (χ2n) is 6.71. The smallest absolute Gasteiger partial charge is 0.243 e. The first-order valence-electron chi connectivity index (χ1n) is 9.26. The molecule has 1 saturated heterocycles. The molecule has 2 aromatic carbocycles. The molecule has 1 amide bonds. The number of para-hydroxylation sites is 1. The van der Waals surface area contributed by atoms with Crippen molar-refractivity contribution in [2.24, 2.45) is 4.99 Å². The zero-order valence-electron chi connectivity index (χ0n) is 16.5. The number of guanidine groups is 1. The largest absolute Gasteiger partial charge is 0.367 e. The predicted octanol–water partition coefficient (Wildman–Crippen LogP) is 3.42. The Balaban J connectivity index is 0.00000300. The predicted molar refractivity (Wildman–Crippen MR) is 123 cm³/mol. The topological polar surface area (TPSA) is 66.0 Å². The Morgan fingerprint density at radius 1 is 1.17 bits per heavy atom. The highest BCUT2D eigenvalue weighted by molar-refractivity contribution is 14.0. The summed E-state index contributed by atoms with van der Waals surface area (Å²) in [6.45, 7) is 3.31. The van der Waals surface area contributed by atoms with Crippen LogP contribution in [0.1, 0.15) is 18.6 Å². The Kier molecular flexibility index (Phi) is 8.84. The summed E-state index contributed by atoms with van der Waals surface area (Å²) in [6.07, 6.45) is -0.221. The summed E-state index contributed by atoms with van der Waals surface area (Å²) in [5.74, 6) is 0.209. The third-order valence-electron chi connectivity index (χ3n) is 4.48. The maximum Gasteiger partial charge on any atom is 0.243 e. The quantitative estimate of drug-likeness (QED) is 0.375. The molecule has 0 bridgehead atoms. The van der Waals surface area contributed by atoms with Crippen LogP contribution in [0.2, 0.25) is 0 Å². The van der Waals surface area contributed by atoms with Crippen molar-refractivity contribution in [1.29, 1.82) is 0 Å². The zero-order chi connectivity index (χ0) is 19.9. The van der Waals surface area contributed by atoms with E-state index in [4.69, 9.17) is 4.74 Å². The number of aliphatic imine (C=N–C) groups is 1. The number of nitrogens with one attached hydrogen (secondary N) is 2. The Bertz CT molecular complexity index is 817. The molecule has 0 spiro atoms. The van der Waals surface area contributed by atoms with Crippen LogP contribution >= 0.6 is 24.0 Å². The summed E-state index contributed by atoms with van der Waals surface area (Å²) in [5.41, 5.74) is 1.66. The molecule has 0 aromatic heterocycles. The van der Waals surface area contributed by atoms with Crippen LogP contribution in [-0.2, 0) is 9.53 Å². The van der Waals surface area contributed by atoms with Gasteiger partial charge in [0.1, 0.15) is 11.9 Å². The lowest BCUT2D eigenvalue weighted by Crippen LogP contribution is -2.51. The standard InChI is InChI=1S/C21H25FN4O2.HI/c1-15-13-26(14-19(28-15)16-8-10-17(22)11-9-16)21(23-2)24-12-20(27)25-18-6-4-3-5-7-18;/h3-11,15,19H,12-14H2,1-2H3,(H,23,24)(H,25,27);1H. The molecule has 6 nitrogen and oxygen atoms in total. The van der Waals surface area contributed by atoms with Crippen LogP contribution in [0.4, 0.5) is 10.1 Å². The third kappa shape index (κ3) is 6.67. The molecular formula is C21H26FIN4O2. The molecule has 29 heavy (non-hydrogen) atoms. The van der Waals surface area contributed by atoms with Gasteiger partial charge in [-0.3, -0.25) is 9.79 Å². The van der Waals surface area contributed by atoms with Gasteiger partial charge in [0.05, 0.1) is 19.2 Å². The normalized spacial score (nSPS) is 19.3. The van der Waals surface area contributed by atoms with Crippen LogP contribution < -0.4 is 10.6 Å². The maximum atomic E-state index is 13.2. The molecule has 2 N–H and O–H groups in total. The van der Waals surface area contributed by atoms with Gasteiger partial charge < -0.3 is 20.3 Å². The van der Waals surface area contributed by atoms with E-state index in [1.807, 2.05) is 37.3 Å². The first-order chi connectivity index (χ1) is 13.5. The van der Waals surface area contributed by atoms with Crippen molar-refractivity contribution < 1.29 is 13.9 Å². The number of rotatable bonds is 4. The highest BCUT2D eigenvalue weighted by atomic mass is 127. The first kappa shape index (κ1) is 23.1. The molecule has 2 unspecified atom stereocenters. The van der Waals surface area contributed by atoms with Crippen LogP contribution in [0.3, 0.4) is 0 Å². The summed E-state index contributed by atoms with van der Waals surface area (Å²) in [4.78, 5) is 18.5. The molecule has 2 atom stereocenters.